The first kappa shape index (κ1) is 27.5. The summed E-state index contributed by atoms with van der Waals surface area (Å²) in [6.07, 6.45) is 1.65. The van der Waals surface area contributed by atoms with E-state index in [1.807, 2.05) is 0 Å². The lowest BCUT2D eigenvalue weighted by Crippen LogP contribution is -2.71. The summed E-state index contributed by atoms with van der Waals surface area (Å²) in [5.74, 6) is -1.86. The van der Waals surface area contributed by atoms with E-state index in [0.717, 1.165) is 21.5 Å². The number of aliphatic carboxylic acids is 1. The Kier molecular flexibility index (Phi) is 9.13. The van der Waals surface area contributed by atoms with Crippen LogP contribution in [-0.2, 0) is 14.4 Å². The van der Waals surface area contributed by atoms with Crippen LogP contribution in [0.25, 0.3) is 0 Å². The maximum atomic E-state index is 12.9. The molecule has 0 bridgehead atoms. The first-order chi connectivity index (χ1) is 17.8. The van der Waals surface area contributed by atoms with Gasteiger partial charge in [-0.2, -0.15) is 9.36 Å². The first-order valence-electron chi connectivity index (χ1n) is 10.3. The molecule has 0 saturated carbocycles. The lowest BCUT2D eigenvalue weighted by Gasteiger charge is -2.49. The number of thioether (sulfide) groups is 4. The van der Waals surface area contributed by atoms with Crippen LogP contribution in [0, 0.1) is 0 Å². The minimum absolute atomic E-state index is 0.0720. The Morgan fingerprint density at radius 3 is 2.78 bits per heavy atom. The second-order valence-corrected chi connectivity index (χ2v) is 12.4. The Balaban J connectivity index is 1.40. The van der Waals surface area contributed by atoms with Crippen molar-refractivity contribution in [1.82, 2.24) is 29.5 Å². The number of carboxylic acid groups (broad SMARTS) is 1. The van der Waals surface area contributed by atoms with Crippen LogP contribution in [0.3, 0.4) is 0 Å². The number of aromatic nitrogens is 4. The largest absolute Gasteiger partial charge is 0.477 e. The van der Waals surface area contributed by atoms with Crippen LogP contribution in [0.1, 0.15) is 5.82 Å². The number of rotatable bonds is 11. The lowest BCUT2D eigenvalue weighted by atomic mass is 10.0. The zero-order valence-electron chi connectivity index (χ0n) is 18.6. The SMILES string of the molecule is NCCSc1nccc(SCSC2=C(C(=O)O)N3C(=O)C(NC(=O)C(=NO)c4nsc(N)n4)C3SC2)n1. The Morgan fingerprint density at radius 2 is 2.11 bits per heavy atom. The predicted octanol–water partition coefficient (Wildman–Crippen LogP) is 0.318. The number of amides is 2. The van der Waals surface area contributed by atoms with Crippen molar-refractivity contribution in [3.8, 4) is 0 Å². The average molecular weight is 602 g/mol. The molecule has 4 heterocycles. The van der Waals surface area contributed by atoms with Gasteiger partial charge < -0.3 is 27.1 Å². The molecule has 2 aromatic rings. The van der Waals surface area contributed by atoms with Crippen molar-refractivity contribution in [2.24, 2.45) is 10.9 Å². The minimum Gasteiger partial charge on any atom is -0.477 e. The minimum atomic E-state index is -1.24. The van der Waals surface area contributed by atoms with E-state index in [1.165, 1.54) is 47.0 Å². The summed E-state index contributed by atoms with van der Waals surface area (Å²) < 4.78 is 3.82. The zero-order valence-corrected chi connectivity index (χ0v) is 22.7. The summed E-state index contributed by atoms with van der Waals surface area (Å²) in [5, 5.41) is 25.7. The van der Waals surface area contributed by atoms with Gasteiger partial charge in [0.05, 0.1) is 0 Å². The molecule has 14 nitrogen and oxygen atoms in total. The van der Waals surface area contributed by atoms with Crippen molar-refractivity contribution in [1.29, 1.82) is 0 Å². The summed E-state index contributed by atoms with van der Waals surface area (Å²) in [6.45, 7) is 0.514. The molecule has 2 amide bonds. The second kappa shape index (κ2) is 12.3. The van der Waals surface area contributed by atoms with Crippen LogP contribution in [0.5, 0.6) is 0 Å². The van der Waals surface area contributed by atoms with Crippen LogP contribution < -0.4 is 16.8 Å². The molecule has 196 valence electrons. The number of β-lactam (4-membered cyclic amide) rings is 1. The van der Waals surface area contributed by atoms with E-state index in [1.54, 1.807) is 12.3 Å². The summed E-state index contributed by atoms with van der Waals surface area (Å²) in [6, 6.07) is 0.757. The van der Waals surface area contributed by atoms with E-state index < -0.39 is 34.9 Å². The van der Waals surface area contributed by atoms with Crippen molar-refractivity contribution < 1.29 is 24.7 Å². The number of hydrogen-bond donors (Lipinski definition) is 5. The molecule has 1 saturated heterocycles. The van der Waals surface area contributed by atoms with Crippen LogP contribution in [0.4, 0.5) is 5.13 Å². The van der Waals surface area contributed by atoms with Crippen molar-refractivity contribution in [2.45, 2.75) is 21.6 Å². The molecular formula is C18H19N9O5S5. The third-order valence-corrected chi connectivity index (χ3v) is 9.84. The fraction of sp³-hybridized carbons (Fsp3) is 0.333. The van der Waals surface area contributed by atoms with Crippen molar-refractivity contribution in [3.05, 3.63) is 28.7 Å². The van der Waals surface area contributed by atoms with Gasteiger partial charge in [-0.1, -0.05) is 28.7 Å². The van der Waals surface area contributed by atoms with E-state index in [4.69, 9.17) is 11.5 Å². The van der Waals surface area contributed by atoms with Gasteiger partial charge in [0.15, 0.2) is 10.3 Å². The topological polar surface area (TPSA) is 223 Å². The summed E-state index contributed by atoms with van der Waals surface area (Å²) in [4.78, 5) is 51.6. The standard InChI is InChI=1S/C18H19N9O5S5/c19-2-4-33-18-21-3-1-8(22-18)36-6-35-7-5-34-15-10(14(29)27(15)11(7)16(30)31)23-13(28)9(25-32)12-24-17(20)37-26-12/h1,3,10,15,32H,2,4-6,19H2,(H,23,28)(H,30,31)(H2,20,24,26). The monoisotopic (exact) mass is 601 g/mol. The molecule has 0 radical (unpaired) electrons. The molecule has 7 N–H and O–H groups in total. The molecule has 4 rings (SSSR count). The van der Waals surface area contributed by atoms with Gasteiger partial charge in [-0.3, -0.25) is 14.5 Å². The number of anilines is 1. The van der Waals surface area contributed by atoms with E-state index in [-0.39, 0.29) is 16.7 Å². The smallest absolute Gasteiger partial charge is 0.353 e. The summed E-state index contributed by atoms with van der Waals surface area (Å²) >= 11 is 6.32. The van der Waals surface area contributed by atoms with E-state index in [9.17, 15) is 24.7 Å². The van der Waals surface area contributed by atoms with Gasteiger partial charge in [0.1, 0.15) is 22.1 Å². The maximum Gasteiger partial charge on any atom is 0.353 e. The van der Waals surface area contributed by atoms with E-state index in [2.05, 4.69) is 29.8 Å². The molecule has 2 atom stereocenters. The van der Waals surface area contributed by atoms with E-state index >= 15 is 0 Å². The predicted molar refractivity (Wildman–Crippen MR) is 142 cm³/mol. The number of oxime groups is 1. The number of nitrogens with two attached hydrogens (primary N) is 2. The maximum absolute atomic E-state index is 12.9. The highest BCUT2D eigenvalue weighted by Gasteiger charge is 2.54. The first-order valence-corrected chi connectivity index (χ1v) is 15.1. The highest BCUT2D eigenvalue weighted by Crippen LogP contribution is 2.44. The third-order valence-electron chi connectivity index (χ3n) is 4.79. The third kappa shape index (κ3) is 6.12. The van der Waals surface area contributed by atoms with Gasteiger partial charge >= 0.3 is 5.97 Å². The Morgan fingerprint density at radius 1 is 1.30 bits per heavy atom. The van der Waals surface area contributed by atoms with Gasteiger partial charge in [0.2, 0.25) is 11.5 Å². The van der Waals surface area contributed by atoms with Crippen molar-refractivity contribution in [3.63, 3.8) is 0 Å². The average Bonchev–Trinajstić information content (AvgIpc) is 3.31. The fourth-order valence-corrected chi connectivity index (χ4v) is 7.96. The van der Waals surface area contributed by atoms with Crippen molar-refractivity contribution in [2.75, 3.05) is 28.9 Å². The molecule has 1 fully saturated rings. The number of nitrogen functional groups attached to an aromatic ring is 1. The number of carbonyl (C=O) groups excluding carboxylic acids is 2. The van der Waals surface area contributed by atoms with Crippen LogP contribution >= 0.6 is 58.6 Å². The van der Waals surface area contributed by atoms with Gasteiger partial charge in [-0.25, -0.2) is 14.8 Å². The molecule has 37 heavy (non-hydrogen) atoms. The molecule has 0 spiro atoms. The number of nitrogens with zero attached hydrogens (tertiary/aromatic N) is 6. The number of nitrogens with one attached hydrogen (secondary N) is 1. The number of carbonyl (C=O) groups is 3. The molecular weight excluding hydrogens is 583 g/mol. The lowest BCUT2D eigenvalue weighted by molar-refractivity contribution is -0.150. The normalized spacial score (nSPS) is 19.4. The number of carboxylic acids is 1. The molecule has 19 heteroatoms. The fourth-order valence-electron chi connectivity index (χ4n) is 3.22. The zero-order chi connectivity index (χ0) is 26.5. The highest BCUT2D eigenvalue weighted by molar-refractivity contribution is 8.18. The Hall–Kier alpha value is -2.58. The van der Waals surface area contributed by atoms with Gasteiger partial charge in [-0.15, -0.1) is 23.5 Å². The molecule has 2 aliphatic rings. The quantitative estimate of drug-likeness (QED) is 0.0342. The number of fused-ring (bicyclic) bond motifs is 1. The van der Waals surface area contributed by atoms with Gasteiger partial charge in [-0.05, 0) is 6.07 Å². The molecule has 2 aromatic heterocycles. The van der Waals surface area contributed by atoms with Crippen LogP contribution in [0.2, 0.25) is 0 Å². The highest BCUT2D eigenvalue weighted by atomic mass is 32.2. The van der Waals surface area contributed by atoms with Crippen molar-refractivity contribution >= 4 is 87.2 Å². The van der Waals surface area contributed by atoms with Gasteiger partial charge in [0.25, 0.3) is 11.8 Å². The Bertz CT molecular complexity index is 1270. The van der Waals surface area contributed by atoms with Crippen LogP contribution in [0.15, 0.2) is 38.2 Å². The molecule has 2 unspecified atom stereocenters. The molecule has 2 aliphatic heterocycles. The number of hydrogen-bond acceptors (Lipinski definition) is 16. The van der Waals surface area contributed by atoms with Gasteiger partial charge in [0, 0.05) is 45.8 Å². The second-order valence-electron chi connectivity index (χ2n) is 7.06. The molecule has 0 aromatic carbocycles. The van der Waals surface area contributed by atoms with E-state index in [0.29, 0.717) is 33.2 Å². The summed E-state index contributed by atoms with van der Waals surface area (Å²) in [7, 11) is 0. The summed E-state index contributed by atoms with van der Waals surface area (Å²) in [5.41, 5.74) is 10.4. The molecule has 0 aliphatic carbocycles. The van der Waals surface area contributed by atoms with Crippen LogP contribution in [-0.4, -0.2) is 92.6 Å². The Labute approximate surface area is 230 Å².